The first kappa shape index (κ1) is 102. The maximum atomic E-state index is 6.01. The maximum Gasteiger partial charge on any atom is 0.120 e. The van der Waals surface area contributed by atoms with Crippen molar-refractivity contribution < 1.29 is 93.7 Å². The Morgan fingerprint density at radius 3 is 0.933 bits per heavy atom. The van der Waals surface area contributed by atoms with Crippen molar-refractivity contribution in [2.75, 3.05) is 0 Å². The second-order valence-electron chi connectivity index (χ2n) is 29.7. The third-order valence-electron chi connectivity index (χ3n) is 20.4. The number of hydrogen-bond acceptors (Lipinski definition) is 11. The van der Waals surface area contributed by atoms with Gasteiger partial charge in [-0.05, 0) is 151 Å². The average Bonchev–Trinajstić information content (AvgIpc) is 1.63. The number of aryl methyl sites for hydroxylation is 5. The Morgan fingerprint density at radius 2 is 0.552 bits per heavy atom. The molecule has 0 aliphatic carbocycles. The molecule has 0 fully saturated rings. The molecule has 11 aromatic heterocycles. The molecule has 11 heterocycles. The molecule has 23 aromatic rings. The van der Waals surface area contributed by atoms with Gasteiger partial charge in [-0.2, -0.15) is 0 Å². The molecule has 670 valence electrons. The van der Waals surface area contributed by atoms with Gasteiger partial charge in [0.1, 0.15) is 16.7 Å². The van der Waals surface area contributed by atoms with Crippen LogP contribution in [0.25, 0.3) is 167 Å². The summed E-state index contributed by atoms with van der Waals surface area (Å²) in [6.07, 6.45) is 11.0. The molecule has 0 saturated carbocycles. The van der Waals surface area contributed by atoms with Crippen molar-refractivity contribution in [3.63, 3.8) is 0 Å². The molecule has 11 nitrogen and oxygen atoms in total. The zero-order valence-corrected chi connectivity index (χ0v) is 82.1. The SMILES string of the molecule is C.C.Cc1ccc(-c2[c-]ccc(-c3ccccc3)c2)nc1.Cc1ccc(-c2[c-]cccc2)nc1.Cc1ccc(-c2[c-]cccc2)nc1.Cc1cccc(-c2[c-]ccc3c2oc2ccccc23)n1.Cc1cccc(-c2[c-]ccc3c2oc2ccccc23)n1.[Ir].[Ir].[Ir].[Ir].[c-]1cc2oc3ccccc3c2cc1-c1ccccn1.[c-]1ccccc1-c1ccccn1.[c-]1ccccc1-c1ccccn1. The van der Waals surface area contributed by atoms with Crippen molar-refractivity contribution in [3.8, 4) is 101 Å². The molecule has 0 amide bonds. The number of benzene rings is 12. The van der Waals surface area contributed by atoms with Crippen molar-refractivity contribution in [2.24, 2.45) is 0 Å². The quantitative estimate of drug-likeness (QED) is 0.127. The van der Waals surface area contributed by atoms with Crippen LogP contribution in [0, 0.1) is 83.1 Å². The summed E-state index contributed by atoms with van der Waals surface area (Å²) in [5, 5.41) is 6.71. The molecule has 0 saturated heterocycles. The van der Waals surface area contributed by atoms with Gasteiger partial charge in [0.05, 0.1) is 16.7 Å². The van der Waals surface area contributed by atoms with E-state index in [4.69, 9.17) is 13.3 Å². The van der Waals surface area contributed by atoms with E-state index in [2.05, 4.69) is 167 Å². The summed E-state index contributed by atoms with van der Waals surface area (Å²) in [5.74, 6) is 0. The number of nitrogens with zero attached hydrogens (tertiary/aromatic N) is 8. The zero-order chi connectivity index (χ0) is 87.4. The molecule has 0 aliphatic heterocycles. The summed E-state index contributed by atoms with van der Waals surface area (Å²) < 4.78 is 17.8. The van der Waals surface area contributed by atoms with Crippen LogP contribution in [0.1, 0.15) is 42.9 Å². The Balaban J connectivity index is 0.000000159. The minimum absolute atomic E-state index is 0. The molecular weight excluding hydrogens is 2360 g/mol. The first-order valence-corrected chi connectivity index (χ1v) is 41.9. The standard InChI is InChI=1S/2C18H12NO.C18H14N.C17H10NO.2C12H10N.2C11H8N.2CH4.4Ir/c2*1-12-6-4-10-16(19-12)15-9-5-8-14-13-7-2-3-11-17(13)20-18(14)15;1-14-10-11-18(19-13-14)17-9-5-8-16(12-17)15-6-3-2-4-7-15;1-2-7-16-13(5-1)14-11-12(8-9-17(14)19-16)15-6-3-4-10-18-15;2*1-10-7-8-12(13-9-10)11-5-3-2-4-6-11;2*1-2-6-10(7-3-1)11-8-4-5-9-12-11;;;;;;/h2*2-8,10-11H,1H3;2-8,10-13H,1H3;1-7,9-11H;2*2-5,7-9H,1H3;2*1-6,8-9H;2*1H4;;;;/q8*-1;;;;;;. The number of furan rings is 3. The molecule has 15 heteroatoms. The Bertz CT molecular complexity index is 7070. The molecule has 0 unspecified atom stereocenters. The van der Waals surface area contributed by atoms with Crippen LogP contribution in [-0.4, -0.2) is 39.9 Å². The van der Waals surface area contributed by atoms with Gasteiger partial charge in [0.2, 0.25) is 0 Å². The van der Waals surface area contributed by atoms with Gasteiger partial charge in [-0.1, -0.05) is 224 Å². The van der Waals surface area contributed by atoms with Crippen molar-refractivity contribution in [2.45, 2.75) is 49.5 Å². The van der Waals surface area contributed by atoms with Crippen molar-refractivity contribution in [1.29, 1.82) is 0 Å². The second-order valence-corrected chi connectivity index (χ2v) is 29.7. The van der Waals surface area contributed by atoms with Crippen molar-refractivity contribution >= 4 is 65.8 Å². The van der Waals surface area contributed by atoms with Gasteiger partial charge in [0, 0.05) is 145 Å². The number of pyridine rings is 8. The van der Waals surface area contributed by atoms with Gasteiger partial charge in [0.15, 0.2) is 0 Å². The van der Waals surface area contributed by atoms with Crippen LogP contribution < -0.4 is 0 Å². The van der Waals surface area contributed by atoms with Crippen LogP contribution in [0.3, 0.4) is 0 Å². The molecule has 0 atom stereocenters. The van der Waals surface area contributed by atoms with Crippen LogP contribution >= 0.6 is 0 Å². The molecule has 0 aliphatic rings. The normalized spacial score (nSPS) is 10.1. The van der Waals surface area contributed by atoms with E-state index in [1.54, 1.807) is 18.6 Å². The second kappa shape index (κ2) is 51.6. The maximum absolute atomic E-state index is 6.01. The summed E-state index contributed by atoms with van der Waals surface area (Å²) in [6, 6.07) is 151. The first-order valence-electron chi connectivity index (χ1n) is 41.9. The smallest absolute Gasteiger partial charge is 0.120 e. The average molecular weight is 2450 g/mol. The summed E-state index contributed by atoms with van der Waals surface area (Å²) >= 11 is 0. The van der Waals surface area contributed by atoms with E-state index < -0.39 is 0 Å². The van der Waals surface area contributed by atoms with Gasteiger partial charge < -0.3 is 53.1 Å². The minimum Gasteiger partial charge on any atom is -0.501 e. The number of aromatic nitrogens is 8. The van der Waals surface area contributed by atoms with Gasteiger partial charge in [0.25, 0.3) is 0 Å². The molecular formula is C119H92Ir4N8O3-8. The Morgan fingerprint density at radius 1 is 0.216 bits per heavy atom. The Hall–Kier alpha value is -14.2. The zero-order valence-electron chi connectivity index (χ0n) is 72.5. The van der Waals surface area contributed by atoms with Gasteiger partial charge in [-0.3, -0.25) is 0 Å². The minimum atomic E-state index is 0. The largest absolute Gasteiger partial charge is 0.501 e. The van der Waals surface area contributed by atoms with Crippen LogP contribution in [0.2, 0.25) is 0 Å². The molecule has 134 heavy (non-hydrogen) atoms. The van der Waals surface area contributed by atoms with Crippen LogP contribution in [0.5, 0.6) is 0 Å². The van der Waals surface area contributed by atoms with E-state index in [-0.39, 0.29) is 95.3 Å². The number of hydrogen-bond donors (Lipinski definition) is 0. The van der Waals surface area contributed by atoms with E-state index >= 15 is 0 Å². The van der Waals surface area contributed by atoms with E-state index in [0.717, 1.165) is 167 Å². The molecule has 4 radical (unpaired) electrons. The van der Waals surface area contributed by atoms with E-state index in [9.17, 15) is 0 Å². The predicted molar refractivity (Wildman–Crippen MR) is 532 cm³/mol. The molecule has 0 spiro atoms. The fourth-order valence-electron chi connectivity index (χ4n) is 14.0. The number of fused-ring (bicyclic) bond motifs is 9. The predicted octanol–water partition coefficient (Wildman–Crippen LogP) is 30.6. The number of para-hydroxylation sites is 3. The fourth-order valence-corrected chi connectivity index (χ4v) is 14.0. The summed E-state index contributed by atoms with van der Waals surface area (Å²) in [6.45, 7) is 10.1. The van der Waals surface area contributed by atoms with Gasteiger partial charge >= 0.3 is 0 Å². The van der Waals surface area contributed by atoms with Crippen LogP contribution in [-0.2, 0) is 80.4 Å². The molecule has 12 aromatic carbocycles. The summed E-state index contributed by atoms with van der Waals surface area (Å²) in [7, 11) is 0. The van der Waals surface area contributed by atoms with Crippen molar-refractivity contribution in [3.05, 3.63) is 496 Å². The first-order chi connectivity index (χ1) is 63.0. The molecule has 23 rings (SSSR count). The van der Waals surface area contributed by atoms with Crippen LogP contribution in [0.4, 0.5) is 0 Å². The monoisotopic (exact) mass is 2450 g/mol. The topological polar surface area (TPSA) is 143 Å². The van der Waals surface area contributed by atoms with Gasteiger partial charge in [-0.25, -0.2) is 0 Å². The Labute approximate surface area is 838 Å². The number of rotatable bonds is 9. The van der Waals surface area contributed by atoms with Gasteiger partial charge in [-0.15, -0.1) is 239 Å². The molecule has 0 bridgehead atoms. The summed E-state index contributed by atoms with van der Waals surface area (Å²) in [4.78, 5) is 35.0. The molecule has 0 N–H and O–H groups in total. The van der Waals surface area contributed by atoms with E-state index in [0.29, 0.717) is 0 Å². The Kier molecular flexibility index (Phi) is 39.3. The van der Waals surface area contributed by atoms with Crippen molar-refractivity contribution in [1.82, 2.24) is 39.9 Å². The van der Waals surface area contributed by atoms with E-state index in [1.807, 2.05) is 357 Å². The van der Waals surface area contributed by atoms with E-state index in [1.165, 1.54) is 27.8 Å². The summed E-state index contributed by atoms with van der Waals surface area (Å²) in [5.41, 5.74) is 28.8. The third kappa shape index (κ3) is 27.1. The van der Waals surface area contributed by atoms with Crippen LogP contribution in [0.15, 0.2) is 433 Å². The fraction of sp³-hybridized carbons (Fsp3) is 0.0588. The third-order valence-corrected chi connectivity index (χ3v) is 20.4.